The fourth-order valence-electron chi connectivity index (χ4n) is 1.74. The molecular weight excluding hydrogens is 296 g/mol. The predicted molar refractivity (Wildman–Crippen MR) is 80.0 cm³/mol. The van der Waals surface area contributed by atoms with Crippen molar-refractivity contribution in [3.63, 3.8) is 0 Å². The number of ether oxygens (including phenoxy) is 1. The molecule has 7 heteroatoms. The predicted octanol–water partition coefficient (Wildman–Crippen LogP) is 3.57. The maximum absolute atomic E-state index is 11.9. The summed E-state index contributed by atoms with van der Waals surface area (Å²) in [5.74, 6) is 0. The molecule has 0 unspecified atom stereocenters. The van der Waals surface area contributed by atoms with Crippen LogP contribution in [0.15, 0.2) is 24.3 Å². The third-order valence-corrected chi connectivity index (χ3v) is 3.07. The van der Waals surface area contributed by atoms with E-state index in [-0.39, 0.29) is 0 Å². The Hall–Kier alpha value is -1.82. The summed E-state index contributed by atoms with van der Waals surface area (Å²) < 4.78 is 5.14. The SMILES string of the molecule is C[C@@H]([C@@H](NC(=O)OC(C)(C)C)c1ccccc1Cl)[N+](=O)[O-]. The van der Waals surface area contributed by atoms with E-state index >= 15 is 0 Å². The molecular formula is C14H19ClN2O4. The Bertz CT molecular complexity index is 528. The molecule has 6 nitrogen and oxygen atoms in total. The lowest BCUT2D eigenvalue weighted by Gasteiger charge is -2.24. The van der Waals surface area contributed by atoms with Gasteiger partial charge < -0.3 is 10.1 Å². The maximum atomic E-state index is 11.9. The number of carbonyl (C=O) groups is 1. The van der Waals surface area contributed by atoms with E-state index in [1.54, 1.807) is 45.0 Å². The van der Waals surface area contributed by atoms with Crippen LogP contribution in [-0.2, 0) is 4.74 Å². The van der Waals surface area contributed by atoms with E-state index in [9.17, 15) is 14.9 Å². The summed E-state index contributed by atoms with van der Waals surface area (Å²) in [6, 6.07) is 4.77. The Morgan fingerprint density at radius 3 is 2.43 bits per heavy atom. The molecule has 1 amide bonds. The van der Waals surface area contributed by atoms with Gasteiger partial charge in [-0.3, -0.25) is 10.1 Å². The van der Waals surface area contributed by atoms with E-state index in [2.05, 4.69) is 5.32 Å². The number of nitro groups is 1. The number of hydrogen-bond acceptors (Lipinski definition) is 4. The van der Waals surface area contributed by atoms with Crippen molar-refractivity contribution >= 4 is 17.7 Å². The van der Waals surface area contributed by atoms with Crippen molar-refractivity contribution in [1.82, 2.24) is 5.32 Å². The first-order chi connectivity index (χ1) is 9.61. The van der Waals surface area contributed by atoms with Crippen molar-refractivity contribution in [2.75, 3.05) is 0 Å². The molecule has 1 rings (SSSR count). The summed E-state index contributed by atoms with van der Waals surface area (Å²) in [6.07, 6.45) is -0.721. The van der Waals surface area contributed by atoms with Crippen LogP contribution >= 0.6 is 11.6 Å². The van der Waals surface area contributed by atoms with Crippen LogP contribution in [0.25, 0.3) is 0 Å². The number of nitrogens with zero attached hydrogens (tertiary/aromatic N) is 1. The van der Waals surface area contributed by atoms with Crippen molar-refractivity contribution in [3.05, 3.63) is 45.0 Å². The number of amides is 1. The van der Waals surface area contributed by atoms with Crippen LogP contribution in [0.5, 0.6) is 0 Å². The van der Waals surface area contributed by atoms with E-state index in [1.807, 2.05) is 0 Å². The zero-order valence-electron chi connectivity index (χ0n) is 12.4. The monoisotopic (exact) mass is 314 g/mol. The minimum absolute atomic E-state index is 0.354. The molecule has 0 aliphatic carbocycles. The molecule has 116 valence electrons. The standard InChI is InChI=1S/C14H19ClN2O4/c1-9(17(19)20)12(10-7-5-6-8-11(10)15)16-13(18)21-14(2,3)4/h5-9,12H,1-4H3,(H,16,18)/t9-,12+/m0/s1. The molecule has 0 saturated heterocycles. The van der Waals surface area contributed by atoms with Gasteiger partial charge in [-0.1, -0.05) is 29.8 Å². The smallest absolute Gasteiger partial charge is 0.408 e. The van der Waals surface area contributed by atoms with Gasteiger partial charge >= 0.3 is 6.09 Å². The Balaban J connectivity index is 3.02. The first kappa shape index (κ1) is 17.2. The molecule has 0 bridgehead atoms. The maximum Gasteiger partial charge on any atom is 0.408 e. The molecule has 0 saturated carbocycles. The highest BCUT2D eigenvalue weighted by Crippen LogP contribution is 2.26. The van der Waals surface area contributed by atoms with Gasteiger partial charge in [0.1, 0.15) is 11.6 Å². The summed E-state index contributed by atoms with van der Waals surface area (Å²) in [6.45, 7) is 6.56. The van der Waals surface area contributed by atoms with Gasteiger partial charge in [-0.15, -0.1) is 0 Å². The highest BCUT2D eigenvalue weighted by molar-refractivity contribution is 6.31. The molecule has 0 spiro atoms. The van der Waals surface area contributed by atoms with Gasteiger partial charge in [0.2, 0.25) is 6.04 Å². The van der Waals surface area contributed by atoms with Crippen molar-refractivity contribution in [2.24, 2.45) is 0 Å². The average Bonchev–Trinajstić information content (AvgIpc) is 2.34. The Labute approximate surface area is 128 Å². The topological polar surface area (TPSA) is 81.5 Å². The van der Waals surface area contributed by atoms with Gasteiger partial charge in [0.05, 0.1) is 0 Å². The minimum Gasteiger partial charge on any atom is -0.444 e. The number of benzene rings is 1. The van der Waals surface area contributed by atoms with Crippen molar-refractivity contribution < 1.29 is 14.5 Å². The normalized spacial score (nSPS) is 14.1. The number of hydrogen-bond donors (Lipinski definition) is 1. The summed E-state index contributed by atoms with van der Waals surface area (Å²) in [4.78, 5) is 22.5. The third kappa shape index (κ3) is 5.23. The van der Waals surface area contributed by atoms with E-state index in [0.717, 1.165) is 0 Å². The Kier molecular flexibility index (Phi) is 5.54. The summed E-state index contributed by atoms with van der Waals surface area (Å²) in [5.41, 5.74) is -0.207. The van der Waals surface area contributed by atoms with Crippen LogP contribution < -0.4 is 5.32 Å². The van der Waals surface area contributed by atoms with E-state index < -0.39 is 28.7 Å². The van der Waals surface area contributed by atoms with Gasteiger partial charge in [0.15, 0.2) is 0 Å². The highest BCUT2D eigenvalue weighted by atomic mass is 35.5. The quantitative estimate of drug-likeness (QED) is 0.680. The molecule has 1 aromatic carbocycles. The molecule has 0 aliphatic heterocycles. The molecule has 0 aliphatic rings. The molecule has 0 aromatic heterocycles. The summed E-state index contributed by atoms with van der Waals surface area (Å²) in [7, 11) is 0. The summed E-state index contributed by atoms with van der Waals surface area (Å²) >= 11 is 6.07. The average molecular weight is 315 g/mol. The van der Waals surface area contributed by atoms with Crippen molar-refractivity contribution in [1.29, 1.82) is 0 Å². The lowest BCUT2D eigenvalue weighted by Crippen LogP contribution is -2.41. The van der Waals surface area contributed by atoms with Gasteiger partial charge in [-0.25, -0.2) is 4.79 Å². The number of alkyl carbamates (subject to hydrolysis) is 1. The second-order valence-electron chi connectivity index (χ2n) is 5.67. The number of nitrogens with one attached hydrogen (secondary N) is 1. The van der Waals surface area contributed by atoms with Crippen LogP contribution in [0.4, 0.5) is 4.79 Å². The van der Waals surface area contributed by atoms with Crippen LogP contribution in [0, 0.1) is 10.1 Å². The third-order valence-electron chi connectivity index (χ3n) is 2.73. The van der Waals surface area contributed by atoms with Gasteiger partial charge in [0.25, 0.3) is 0 Å². The van der Waals surface area contributed by atoms with Crippen molar-refractivity contribution in [2.45, 2.75) is 45.4 Å². The fourth-order valence-corrected chi connectivity index (χ4v) is 2.00. The van der Waals surface area contributed by atoms with Crippen LogP contribution in [0.2, 0.25) is 5.02 Å². The zero-order chi connectivity index (χ0) is 16.2. The number of halogens is 1. The van der Waals surface area contributed by atoms with Crippen LogP contribution in [0.1, 0.15) is 39.3 Å². The number of carbonyl (C=O) groups excluding carboxylic acids is 1. The lowest BCUT2D eigenvalue weighted by atomic mass is 10.0. The van der Waals surface area contributed by atoms with Crippen LogP contribution in [-0.4, -0.2) is 22.7 Å². The Morgan fingerprint density at radius 1 is 1.38 bits per heavy atom. The first-order valence-corrected chi connectivity index (χ1v) is 6.87. The molecule has 2 atom stereocenters. The van der Waals surface area contributed by atoms with E-state index in [4.69, 9.17) is 16.3 Å². The summed E-state index contributed by atoms with van der Waals surface area (Å²) in [5, 5.41) is 13.9. The molecule has 0 heterocycles. The minimum atomic E-state index is -1.04. The van der Waals surface area contributed by atoms with E-state index in [0.29, 0.717) is 10.6 Å². The largest absolute Gasteiger partial charge is 0.444 e. The lowest BCUT2D eigenvalue weighted by molar-refractivity contribution is -0.523. The molecule has 1 aromatic rings. The molecule has 21 heavy (non-hydrogen) atoms. The Morgan fingerprint density at radius 2 is 1.95 bits per heavy atom. The van der Waals surface area contributed by atoms with Crippen LogP contribution in [0.3, 0.4) is 0 Å². The fraction of sp³-hybridized carbons (Fsp3) is 0.500. The first-order valence-electron chi connectivity index (χ1n) is 6.49. The highest BCUT2D eigenvalue weighted by Gasteiger charge is 2.32. The van der Waals surface area contributed by atoms with Gasteiger partial charge in [-0.05, 0) is 32.4 Å². The molecule has 1 N–H and O–H groups in total. The van der Waals surface area contributed by atoms with Gasteiger partial charge in [0, 0.05) is 16.9 Å². The van der Waals surface area contributed by atoms with E-state index in [1.165, 1.54) is 6.92 Å². The molecule has 0 radical (unpaired) electrons. The zero-order valence-corrected chi connectivity index (χ0v) is 13.2. The molecule has 0 fully saturated rings. The van der Waals surface area contributed by atoms with Crippen molar-refractivity contribution in [3.8, 4) is 0 Å². The van der Waals surface area contributed by atoms with Gasteiger partial charge in [-0.2, -0.15) is 0 Å². The second-order valence-corrected chi connectivity index (χ2v) is 6.08. The number of rotatable bonds is 4. The second kappa shape index (κ2) is 6.76.